The fraction of sp³-hybridized carbons (Fsp3) is 0.316. The van der Waals surface area contributed by atoms with Gasteiger partial charge < -0.3 is 15.1 Å². The van der Waals surface area contributed by atoms with Gasteiger partial charge in [-0.25, -0.2) is 0 Å². The number of hydrogen-bond acceptors (Lipinski definition) is 5. The molecular weight excluding hydrogens is 314 g/mol. The zero-order chi connectivity index (χ0) is 17.6. The van der Waals surface area contributed by atoms with E-state index in [0.717, 1.165) is 38.4 Å². The minimum atomic E-state index is -0.0482. The second-order valence-corrected chi connectivity index (χ2v) is 5.94. The van der Waals surface area contributed by atoms with E-state index in [1.165, 1.54) is 0 Å². The highest BCUT2D eigenvalue weighted by Crippen LogP contribution is 2.21. The van der Waals surface area contributed by atoms with E-state index in [2.05, 4.69) is 28.2 Å². The summed E-state index contributed by atoms with van der Waals surface area (Å²) < 4.78 is 0. The molecule has 0 atom stereocenters. The number of carbonyl (C=O) groups excluding carboxylic acids is 1. The fourth-order valence-electron chi connectivity index (χ4n) is 2.90. The molecule has 128 valence electrons. The first-order chi connectivity index (χ1) is 12.2. The van der Waals surface area contributed by atoms with Crippen LogP contribution in [0.5, 0.6) is 0 Å². The van der Waals surface area contributed by atoms with Crippen molar-refractivity contribution in [3.8, 4) is 6.07 Å². The number of benzene rings is 1. The summed E-state index contributed by atoms with van der Waals surface area (Å²) in [6, 6.07) is 13.0. The van der Waals surface area contributed by atoms with E-state index in [1.54, 1.807) is 24.4 Å². The normalized spacial score (nSPS) is 14.8. The van der Waals surface area contributed by atoms with E-state index >= 15 is 0 Å². The number of nitrogens with one attached hydrogen (secondary N) is 1. The first kappa shape index (κ1) is 16.9. The molecule has 1 saturated heterocycles. The fourth-order valence-corrected chi connectivity index (χ4v) is 2.90. The first-order valence-corrected chi connectivity index (χ1v) is 8.45. The van der Waals surface area contributed by atoms with Crippen LogP contribution in [0.15, 0.2) is 42.6 Å². The van der Waals surface area contributed by atoms with Crippen LogP contribution >= 0.6 is 0 Å². The SMILES string of the molecule is CCN1CCN(C(=O)c2cc(Nc3ccccc3C#N)ccn2)CC1. The van der Waals surface area contributed by atoms with Gasteiger partial charge in [-0.3, -0.25) is 9.78 Å². The highest BCUT2D eigenvalue weighted by molar-refractivity contribution is 5.93. The van der Waals surface area contributed by atoms with Gasteiger partial charge in [0.25, 0.3) is 5.91 Å². The van der Waals surface area contributed by atoms with Gasteiger partial charge in [0.15, 0.2) is 0 Å². The zero-order valence-corrected chi connectivity index (χ0v) is 14.3. The molecule has 1 fully saturated rings. The van der Waals surface area contributed by atoms with E-state index in [1.807, 2.05) is 23.1 Å². The summed E-state index contributed by atoms with van der Waals surface area (Å²) in [6.07, 6.45) is 1.62. The van der Waals surface area contributed by atoms with Gasteiger partial charge in [-0.15, -0.1) is 0 Å². The monoisotopic (exact) mass is 335 g/mol. The summed E-state index contributed by atoms with van der Waals surface area (Å²) in [7, 11) is 0. The second-order valence-electron chi connectivity index (χ2n) is 5.94. The van der Waals surface area contributed by atoms with Crippen LogP contribution in [0.3, 0.4) is 0 Å². The Morgan fingerprint density at radius 3 is 2.72 bits per heavy atom. The van der Waals surface area contributed by atoms with Crippen molar-refractivity contribution in [2.45, 2.75) is 6.92 Å². The molecule has 0 spiro atoms. The van der Waals surface area contributed by atoms with Crippen LogP contribution in [0.25, 0.3) is 0 Å². The van der Waals surface area contributed by atoms with Gasteiger partial charge in [0.1, 0.15) is 11.8 Å². The van der Waals surface area contributed by atoms with Crippen molar-refractivity contribution in [2.24, 2.45) is 0 Å². The topological polar surface area (TPSA) is 72.3 Å². The maximum absolute atomic E-state index is 12.7. The Labute approximate surface area is 147 Å². The number of pyridine rings is 1. The molecule has 1 aliphatic heterocycles. The van der Waals surface area contributed by atoms with Crippen molar-refractivity contribution in [1.29, 1.82) is 5.26 Å². The van der Waals surface area contributed by atoms with Gasteiger partial charge in [-0.05, 0) is 30.8 Å². The van der Waals surface area contributed by atoms with E-state index in [-0.39, 0.29) is 5.91 Å². The number of anilines is 2. The summed E-state index contributed by atoms with van der Waals surface area (Å²) >= 11 is 0. The lowest BCUT2D eigenvalue weighted by Gasteiger charge is -2.33. The molecule has 1 aromatic heterocycles. The van der Waals surface area contributed by atoms with Crippen molar-refractivity contribution in [3.63, 3.8) is 0 Å². The van der Waals surface area contributed by atoms with Crippen molar-refractivity contribution >= 4 is 17.3 Å². The first-order valence-electron chi connectivity index (χ1n) is 8.45. The van der Waals surface area contributed by atoms with Gasteiger partial charge >= 0.3 is 0 Å². The molecule has 2 heterocycles. The lowest BCUT2D eigenvalue weighted by atomic mass is 10.2. The minimum absolute atomic E-state index is 0.0482. The molecule has 0 radical (unpaired) electrons. The van der Waals surface area contributed by atoms with Gasteiger partial charge in [0, 0.05) is 38.1 Å². The summed E-state index contributed by atoms with van der Waals surface area (Å²) in [6.45, 7) is 6.39. The largest absolute Gasteiger partial charge is 0.354 e. The van der Waals surface area contributed by atoms with E-state index in [0.29, 0.717) is 16.9 Å². The van der Waals surface area contributed by atoms with Crippen LogP contribution in [-0.2, 0) is 0 Å². The third-order valence-corrected chi connectivity index (χ3v) is 4.41. The third-order valence-electron chi connectivity index (χ3n) is 4.41. The molecule has 0 unspecified atom stereocenters. The molecule has 1 aromatic carbocycles. The minimum Gasteiger partial charge on any atom is -0.354 e. The number of carbonyl (C=O) groups is 1. The van der Waals surface area contributed by atoms with Crippen LogP contribution in [0.4, 0.5) is 11.4 Å². The van der Waals surface area contributed by atoms with Crippen molar-refractivity contribution in [3.05, 3.63) is 53.9 Å². The lowest BCUT2D eigenvalue weighted by Crippen LogP contribution is -2.48. The molecule has 0 aliphatic carbocycles. The molecular formula is C19H21N5O. The molecule has 6 heteroatoms. The number of piperazine rings is 1. The number of rotatable bonds is 4. The molecule has 1 N–H and O–H groups in total. The van der Waals surface area contributed by atoms with Crippen molar-refractivity contribution < 1.29 is 4.79 Å². The van der Waals surface area contributed by atoms with Crippen molar-refractivity contribution in [2.75, 3.05) is 38.0 Å². The summed E-state index contributed by atoms with van der Waals surface area (Å²) in [5.74, 6) is -0.0482. The number of aromatic nitrogens is 1. The molecule has 25 heavy (non-hydrogen) atoms. The average molecular weight is 335 g/mol. The van der Waals surface area contributed by atoms with Gasteiger partial charge in [-0.2, -0.15) is 5.26 Å². The van der Waals surface area contributed by atoms with E-state index < -0.39 is 0 Å². The number of nitriles is 1. The predicted octanol–water partition coefficient (Wildman–Crippen LogP) is 2.47. The highest BCUT2D eigenvalue weighted by Gasteiger charge is 2.22. The average Bonchev–Trinajstić information content (AvgIpc) is 2.68. The number of para-hydroxylation sites is 1. The molecule has 3 rings (SSSR count). The van der Waals surface area contributed by atoms with Gasteiger partial charge in [-0.1, -0.05) is 19.1 Å². The standard InChI is InChI=1S/C19H21N5O/c1-2-23-9-11-24(12-10-23)19(25)18-13-16(7-8-21-18)22-17-6-4-3-5-15(17)14-20/h3-8,13H,2,9-12H2,1H3,(H,21,22). The highest BCUT2D eigenvalue weighted by atomic mass is 16.2. The maximum Gasteiger partial charge on any atom is 0.272 e. The van der Waals surface area contributed by atoms with Gasteiger partial charge in [0.05, 0.1) is 11.3 Å². The molecule has 0 saturated carbocycles. The van der Waals surface area contributed by atoms with E-state index in [9.17, 15) is 10.1 Å². The quantitative estimate of drug-likeness (QED) is 0.929. The summed E-state index contributed by atoms with van der Waals surface area (Å²) in [5, 5.41) is 12.4. The Kier molecular flexibility index (Phi) is 5.26. The number of likely N-dealkylation sites (N-methyl/N-ethyl adjacent to an activating group) is 1. The molecule has 2 aromatic rings. The number of amides is 1. The lowest BCUT2D eigenvalue weighted by molar-refractivity contribution is 0.0637. The zero-order valence-electron chi connectivity index (χ0n) is 14.3. The van der Waals surface area contributed by atoms with Crippen LogP contribution in [0, 0.1) is 11.3 Å². The molecule has 6 nitrogen and oxygen atoms in total. The summed E-state index contributed by atoms with van der Waals surface area (Å²) in [5.41, 5.74) is 2.44. The van der Waals surface area contributed by atoms with E-state index in [4.69, 9.17) is 0 Å². The molecule has 0 bridgehead atoms. The Morgan fingerprint density at radius 2 is 2.00 bits per heavy atom. The Balaban J connectivity index is 1.73. The molecule has 1 amide bonds. The Hall–Kier alpha value is -2.91. The maximum atomic E-state index is 12.7. The van der Waals surface area contributed by atoms with Crippen molar-refractivity contribution in [1.82, 2.24) is 14.8 Å². The predicted molar refractivity (Wildman–Crippen MR) is 96.7 cm³/mol. The number of hydrogen-bond donors (Lipinski definition) is 1. The molecule has 1 aliphatic rings. The van der Waals surface area contributed by atoms with Crippen LogP contribution in [0.1, 0.15) is 23.0 Å². The Bertz CT molecular complexity index is 790. The van der Waals surface area contributed by atoms with Crippen LogP contribution < -0.4 is 5.32 Å². The van der Waals surface area contributed by atoms with Gasteiger partial charge in [0.2, 0.25) is 0 Å². The number of nitrogens with zero attached hydrogens (tertiary/aromatic N) is 4. The second kappa shape index (κ2) is 7.77. The smallest absolute Gasteiger partial charge is 0.272 e. The summed E-state index contributed by atoms with van der Waals surface area (Å²) in [4.78, 5) is 21.1. The van der Waals surface area contributed by atoms with Crippen LogP contribution in [0.2, 0.25) is 0 Å². The Morgan fingerprint density at radius 1 is 1.24 bits per heavy atom. The van der Waals surface area contributed by atoms with Crippen LogP contribution in [-0.4, -0.2) is 53.4 Å². The third kappa shape index (κ3) is 3.95.